The third-order valence-electron chi connectivity index (χ3n) is 3.61. The Labute approximate surface area is 137 Å². The lowest BCUT2D eigenvalue weighted by Crippen LogP contribution is -2.42. The largest absolute Gasteiger partial charge is 0.481 e. The van der Waals surface area contributed by atoms with E-state index in [0.717, 1.165) is 31.7 Å². The average molecular weight is 322 g/mol. The van der Waals surface area contributed by atoms with E-state index in [1.54, 1.807) is 7.11 Å². The molecule has 1 fully saturated rings. The van der Waals surface area contributed by atoms with Crippen LogP contribution in [-0.4, -0.2) is 48.4 Å². The van der Waals surface area contributed by atoms with Gasteiger partial charge in [0.25, 0.3) is 0 Å². The van der Waals surface area contributed by atoms with Crippen LogP contribution in [-0.2, 0) is 4.74 Å². The molecule has 2 heterocycles. The maximum absolute atomic E-state index is 11.8. The van der Waals surface area contributed by atoms with Crippen molar-refractivity contribution < 1.29 is 14.3 Å². The number of piperidine rings is 1. The number of alkyl carbamates (subject to hydrolysis) is 1. The van der Waals surface area contributed by atoms with Gasteiger partial charge in [0.15, 0.2) is 0 Å². The van der Waals surface area contributed by atoms with Gasteiger partial charge in [0.2, 0.25) is 5.88 Å². The second kappa shape index (κ2) is 7.48. The predicted octanol–water partition coefficient (Wildman–Crippen LogP) is 2.23. The number of rotatable bonds is 4. The fourth-order valence-electron chi connectivity index (χ4n) is 2.60. The molecular weight excluding hydrogens is 296 g/mol. The van der Waals surface area contributed by atoms with Crippen LogP contribution in [0.2, 0.25) is 0 Å². The SMILES string of the molecule is COc1cc(N2CCC[C@H](CNC(=O)OC(C)(C)C)C2)ncn1. The molecule has 1 atom stereocenters. The number of nitrogens with one attached hydrogen (secondary N) is 1. The van der Waals surface area contributed by atoms with Crippen LogP contribution in [0.1, 0.15) is 33.6 Å². The Kier molecular flexibility index (Phi) is 5.63. The average Bonchev–Trinajstić information content (AvgIpc) is 2.52. The summed E-state index contributed by atoms with van der Waals surface area (Å²) >= 11 is 0. The molecular formula is C16H26N4O3. The molecule has 1 aliphatic rings. The molecule has 7 heteroatoms. The monoisotopic (exact) mass is 322 g/mol. The van der Waals surface area contributed by atoms with Crippen molar-refractivity contribution >= 4 is 11.9 Å². The Hall–Kier alpha value is -2.05. The lowest BCUT2D eigenvalue weighted by atomic mass is 9.98. The summed E-state index contributed by atoms with van der Waals surface area (Å²) in [5, 5.41) is 2.86. The molecule has 0 unspecified atom stereocenters. The molecule has 0 aromatic carbocycles. The van der Waals surface area contributed by atoms with Crippen LogP contribution in [0.3, 0.4) is 0 Å². The molecule has 0 bridgehead atoms. The molecule has 1 aromatic rings. The lowest BCUT2D eigenvalue weighted by molar-refractivity contribution is 0.0517. The Morgan fingerprint density at radius 2 is 2.22 bits per heavy atom. The highest BCUT2D eigenvalue weighted by molar-refractivity contribution is 5.67. The van der Waals surface area contributed by atoms with Crippen molar-refractivity contribution in [2.75, 3.05) is 31.6 Å². The van der Waals surface area contributed by atoms with E-state index >= 15 is 0 Å². The maximum atomic E-state index is 11.8. The van der Waals surface area contributed by atoms with Gasteiger partial charge in [-0.25, -0.2) is 14.8 Å². The lowest BCUT2D eigenvalue weighted by Gasteiger charge is -2.33. The molecule has 1 aromatic heterocycles. The number of methoxy groups -OCH3 is 1. The summed E-state index contributed by atoms with van der Waals surface area (Å²) in [7, 11) is 1.59. The van der Waals surface area contributed by atoms with Gasteiger partial charge in [-0.1, -0.05) is 0 Å². The third kappa shape index (κ3) is 5.58. The summed E-state index contributed by atoms with van der Waals surface area (Å²) in [6.07, 6.45) is 3.29. The minimum Gasteiger partial charge on any atom is -0.481 e. The van der Waals surface area contributed by atoms with Crippen molar-refractivity contribution in [1.29, 1.82) is 0 Å². The molecule has 23 heavy (non-hydrogen) atoms. The quantitative estimate of drug-likeness (QED) is 0.916. The van der Waals surface area contributed by atoms with Crippen molar-refractivity contribution in [3.63, 3.8) is 0 Å². The molecule has 1 saturated heterocycles. The van der Waals surface area contributed by atoms with Gasteiger partial charge >= 0.3 is 6.09 Å². The van der Waals surface area contributed by atoms with Crippen molar-refractivity contribution in [1.82, 2.24) is 15.3 Å². The van der Waals surface area contributed by atoms with Crippen LogP contribution in [0.5, 0.6) is 5.88 Å². The van der Waals surface area contributed by atoms with Crippen LogP contribution in [0.25, 0.3) is 0 Å². The number of ether oxygens (including phenoxy) is 2. The molecule has 2 rings (SSSR count). The van der Waals surface area contributed by atoms with Crippen molar-refractivity contribution in [2.24, 2.45) is 5.92 Å². The van der Waals surface area contributed by atoms with Crippen molar-refractivity contribution in [3.8, 4) is 5.88 Å². The molecule has 0 aliphatic carbocycles. The first-order chi connectivity index (χ1) is 10.9. The summed E-state index contributed by atoms with van der Waals surface area (Å²) in [6, 6.07) is 1.84. The fraction of sp³-hybridized carbons (Fsp3) is 0.688. The fourth-order valence-corrected chi connectivity index (χ4v) is 2.60. The molecule has 0 spiro atoms. The van der Waals surface area contributed by atoms with Crippen LogP contribution in [0.15, 0.2) is 12.4 Å². The van der Waals surface area contributed by atoms with E-state index in [1.807, 2.05) is 26.8 Å². The second-order valence-electron chi connectivity index (χ2n) is 6.76. The van der Waals surface area contributed by atoms with Gasteiger partial charge in [0.1, 0.15) is 17.7 Å². The van der Waals surface area contributed by atoms with Gasteiger partial charge in [-0.3, -0.25) is 0 Å². The summed E-state index contributed by atoms with van der Waals surface area (Å²) in [6.45, 7) is 7.97. The highest BCUT2D eigenvalue weighted by atomic mass is 16.6. The molecule has 1 amide bonds. The number of anilines is 1. The topological polar surface area (TPSA) is 76.6 Å². The van der Waals surface area contributed by atoms with Gasteiger partial charge < -0.3 is 19.7 Å². The first-order valence-electron chi connectivity index (χ1n) is 7.95. The highest BCUT2D eigenvalue weighted by Gasteiger charge is 2.23. The summed E-state index contributed by atoms with van der Waals surface area (Å²) in [5.41, 5.74) is -0.472. The number of aromatic nitrogens is 2. The van der Waals surface area contributed by atoms with E-state index in [9.17, 15) is 4.79 Å². The summed E-state index contributed by atoms with van der Waals surface area (Å²) in [4.78, 5) is 22.3. The Morgan fingerprint density at radius 1 is 1.43 bits per heavy atom. The zero-order valence-corrected chi connectivity index (χ0v) is 14.3. The Balaban J connectivity index is 1.87. The molecule has 0 saturated carbocycles. The smallest absolute Gasteiger partial charge is 0.407 e. The van der Waals surface area contributed by atoms with E-state index < -0.39 is 5.60 Å². The van der Waals surface area contributed by atoms with Gasteiger partial charge in [0, 0.05) is 25.7 Å². The van der Waals surface area contributed by atoms with Crippen molar-refractivity contribution in [2.45, 2.75) is 39.2 Å². The number of carbonyl (C=O) groups is 1. The first kappa shape index (κ1) is 17.3. The van der Waals surface area contributed by atoms with Crippen molar-refractivity contribution in [3.05, 3.63) is 12.4 Å². The van der Waals surface area contributed by atoms with Gasteiger partial charge in [0.05, 0.1) is 7.11 Å². The first-order valence-corrected chi connectivity index (χ1v) is 7.95. The number of hydrogen-bond donors (Lipinski definition) is 1. The Bertz CT molecular complexity index is 530. The minimum atomic E-state index is -0.472. The molecule has 0 radical (unpaired) electrons. The summed E-state index contributed by atoms with van der Waals surface area (Å²) < 4.78 is 10.4. The predicted molar refractivity (Wildman–Crippen MR) is 87.8 cm³/mol. The van der Waals surface area contributed by atoms with Crippen LogP contribution in [0.4, 0.5) is 10.6 Å². The normalized spacial score (nSPS) is 18.4. The zero-order chi connectivity index (χ0) is 16.9. The molecule has 1 N–H and O–H groups in total. The Morgan fingerprint density at radius 3 is 2.91 bits per heavy atom. The third-order valence-corrected chi connectivity index (χ3v) is 3.61. The van der Waals surface area contributed by atoms with Crippen LogP contribution < -0.4 is 15.0 Å². The minimum absolute atomic E-state index is 0.363. The highest BCUT2D eigenvalue weighted by Crippen LogP contribution is 2.23. The van der Waals surface area contributed by atoms with E-state index in [1.165, 1.54) is 6.33 Å². The number of carbonyl (C=O) groups excluding carboxylic acids is 1. The molecule has 128 valence electrons. The van der Waals surface area contributed by atoms with Gasteiger partial charge in [-0.05, 0) is 39.5 Å². The van der Waals surface area contributed by atoms with E-state index in [4.69, 9.17) is 9.47 Å². The number of amides is 1. The number of nitrogens with zero attached hydrogens (tertiary/aromatic N) is 3. The van der Waals surface area contributed by atoms with E-state index in [0.29, 0.717) is 18.3 Å². The van der Waals surface area contributed by atoms with E-state index in [2.05, 4.69) is 20.2 Å². The molecule has 1 aliphatic heterocycles. The zero-order valence-electron chi connectivity index (χ0n) is 14.3. The van der Waals surface area contributed by atoms with Gasteiger partial charge in [-0.2, -0.15) is 0 Å². The van der Waals surface area contributed by atoms with Crippen LogP contribution in [0, 0.1) is 5.92 Å². The maximum Gasteiger partial charge on any atom is 0.407 e. The number of hydrogen-bond acceptors (Lipinski definition) is 6. The van der Waals surface area contributed by atoms with E-state index in [-0.39, 0.29) is 6.09 Å². The summed E-state index contributed by atoms with van der Waals surface area (Å²) in [5.74, 6) is 1.79. The molecule has 7 nitrogen and oxygen atoms in total. The van der Waals surface area contributed by atoms with Crippen LogP contribution >= 0.6 is 0 Å². The van der Waals surface area contributed by atoms with Gasteiger partial charge in [-0.15, -0.1) is 0 Å². The second-order valence-corrected chi connectivity index (χ2v) is 6.76. The standard InChI is InChI=1S/C16H26N4O3/c1-16(2,3)23-15(21)17-9-12-6-5-7-20(10-12)13-8-14(22-4)19-11-18-13/h8,11-12H,5-7,9-10H2,1-4H3,(H,17,21)/t12-/m1/s1.